The molecule has 21 heavy (non-hydrogen) atoms. The van der Waals surface area contributed by atoms with Gasteiger partial charge >= 0.3 is 0 Å². The molecule has 2 nitrogen and oxygen atoms in total. The molecule has 0 spiro atoms. The first-order valence-electron chi connectivity index (χ1n) is 7.47. The monoisotopic (exact) mass is 282 g/mol. The summed E-state index contributed by atoms with van der Waals surface area (Å²) in [5, 5.41) is 3.47. The highest BCUT2D eigenvalue weighted by Gasteiger charge is 2.12. The smallest absolute Gasteiger partial charge is 0.0400 e. The first-order valence-corrected chi connectivity index (χ1v) is 7.47. The van der Waals surface area contributed by atoms with Crippen molar-refractivity contribution >= 4 is 11.4 Å². The normalized spacial score (nSPS) is 11.3. The van der Waals surface area contributed by atoms with E-state index in [-0.39, 0.29) is 5.41 Å². The zero-order valence-electron chi connectivity index (χ0n) is 13.8. The average molecular weight is 282 g/mol. The third kappa shape index (κ3) is 4.25. The van der Waals surface area contributed by atoms with Crippen LogP contribution in [0, 0.1) is 0 Å². The second-order valence-corrected chi connectivity index (χ2v) is 6.74. The minimum atomic E-state index is 0.216. The van der Waals surface area contributed by atoms with Gasteiger partial charge in [0.2, 0.25) is 0 Å². The predicted octanol–water partition coefficient (Wildman–Crippen LogP) is 4.66. The zero-order valence-corrected chi connectivity index (χ0v) is 13.8. The third-order valence-corrected chi connectivity index (χ3v) is 3.70. The topological polar surface area (TPSA) is 15.3 Å². The van der Waals surface area contributed by atoms with E-state index in [0.717, 1.165) is 12.2 Å². The molecule has 0 aliphatic rings. The van der Waals surface area contributed by atoms with Crippen LogP contribution in [0.15, 0.2) is 48.5 Å². The van der Waals surface area contributed by atoms with Crippen molar-refractivity contribution in [1.29, 1.82) is 0 Å². The number of hydrogen-bond donors (Lipinski definition) is 1. The Morgan fingerprint density at radius 2 is 1.43 bits per heavy atom. The molecule has 0 saturated carbocycles. The third-order valence-electron chi connectivity index (χ3n) is 3.70. The fourth-order valence-corrected chi connectivity index (χ4v) is 2.20. The minimum Gasteiger partial charge on any atom is -0.381 e. The van der Waals surface area contributed by atoms with Crippen LogP contribution in [-0.4, -0.2) is 14.1 Å². The van der Waals surface area contributed by atoms with E-state index in [2.05, 4.69) is 93.6 Å². The second kappa shape index (κ2) is 6.21. The standard InChI is InChI=1S/C19H26N2/c1-19(2,3)16-8-6-15(7-9-16)14-20-17-10-12-18(13-11-17)21(4)5/h6-13,20H,14H2,1-5H3. The zero-order chi connectivity index (χ0) is 15.5. The Labute approximate surface area is 128 Å². The molecule has 2 aromatic rings. The predicted molar refractivity (Wildman–Crippen MR) is 93.2 cm³/mol. The highest BCUT2D eigenvalue weighted by Crippen LogP contribution is 2.22. The van der Waals surface area contributed by atoms with Crippen molar-refractivity contribution in [3.63, 3.8) is 0 Å². The summed E-state index contributed by atoms with van der Waals surface area (Å²) in [6, 6.07) is 17.4. The van der Waals surface area contributed by atoms with Crippen molar-refractivity contribution in [2.75, 3.05) is 24.3 Å². The van der Waals surface area contributed by atoms with Crippen molar-refractivity contribution in [3.8, 4) is 0 Å². The molecule has 0 aromatic heterocycles. The van der Waals surface area contributed by atoms with Crippen LogP contribution in [0.25, 0.3) is 0 Å². The van der Waals surface area contributed by atoms with E-state index in [4.69, 9.17) is 0 Å². The molecule has 2 heteroatoms. The fourth-order valence-electron chi connectivity index (χ4n) is 2.20. The lowest BCUT2D eigenvalue weighted by molar-refractivity contribution is 0.590. The van der Waals surface area contributed by atoms with Crippen LogP contribution in [0.4, 0.5) is 11.4 Å². The van der Waals surface area contributed by atoms with Crippen molar-refractivity contribution in [3.05, 3.63) is 59.7 Å². The second-order valence-electron chi connectivity index (χ2n) is 6.74. The van der Waals surface area contributed by atoms with Crippen molar-refractivity contribution in [2.24, 2.45) is 0 Å². The van der Waals surface area contributed by atoms with Crippen molar-refractivity contribution in [2.45, 2.75) is 32.7 Å². The van der Waals surface area contributed by atoms with Crippen LogP contribution in [0.1, 0.15) is 31.9 Å². The van der Waals surface area contributed by atoms with Crippen LogP contribution in [0.5, 0.6) is 0 Å². The molecule has 0 saturated heterocycles. The number of hydrogen-bond acceptors (Lipinski definition) is 2. The molecule has 2 rings (SSSR count). The lowest BCUT2D eigenvalue weighted by Gasteiger charge is -2.19. The van der Waals surface area contributed by atoms with Gasteiger partial charge in [-0.05, 0) is 40.8 Å². The molecule has 112 valence electrons. The van der Waals surface area contributed by atoms with Gasteiger partial charge in [-0.2, -0.15) is 0 Å². The minimum absolute atomic E-state index is 0.216. The Morgan fingerprint density at radius 1 is 0.857 bits per heavy atom. The van der Waals surface area contributed by atoms with Crippen molar-refractivity contribution < 1.29 is 0 Å². The van der Waals surface area contributed by atoms with Crippen LogP contribution in [-0.2, 0) is 12.0 Å². The summed E-state index contributed by atoms with van der Waals surface area (Å²) in [6.45, 7) is 7.58. The van der Waals surface area contributed by atoms with E-state index in [1.807, 2.05) is 0 Å². The highest BCUT2D eigenvalue weighted by molar-refractivity contribution is 5.54. The first kappa shape index (κ1) is 15.4. The van der Waals surface area contributed by atoms with Gasteiger partial charge in [0.05, 0.1) is 0 Å². The first-order chi connectivity index (χ1) is 9.86. The van der Waals surface area contributed by atoms with E-state index < -0.39 is 0 Å². The number of benzene rings is 2. The largest absolute Gasteiger partial charge is 0.381 e. The maximum Gasteiger partial charge on any atom is 0.0400 e. The van der Waals surface area contributed by atoms with Gasteiger partial charge < -0.3 is 10.2 Å². The van der Waals surface area contributed by atoms with Gasteiger partial charge in [-0.3, -0.25) is 0 Å². The van der Waals surface area contributed by atoms with Crippen LogP contribution in [0.2, 0.25) is 0 Å². The molecular weight excluding hydrogens is 256 g/mol. The highest BCUT2D eigenvalue weighted by atomic mass is 15.1. The van der Waals surface area contributed by atoms with Gasteiger partial charge in [0.1, 0.15) is 0 Å². The Kier molecular flexibility index (Phi) is 4.56. The molecule has 2 aromatic carbocycles. The summed E-state index contributed by atoms with van der Waals surface area (Å²) in [5.74, 6) is 0. The average Bonchev–Trinajstić information content (AvgIpc) is 2.45. The Balaban J connectivity index is 1.96. The van der Waals surface area contributed by atoms with Crippen LogP contribution >= 0.6 is 0 Å². The lowest BCUT2D eigenvalue weighted by Crippen LogP contribution is -2.11. The molecule has 0 fully saturated rings. The molecule has 0 aliphatic heterocycles. The van der Waals surface area contributed by atoms with Gasteiger partial charge in [0, 0.05) is 32.0 Å². The van der Waals surface area contributed by atoms with Gasteiger partial charge in [-0.25, -0.2) is 0 Å². The summed E-state index contributed by atoms with van der Waals surface area (Å²) in [7, 11) is 4.11. The summed E-state index contributed by atoms with van der Waals surface area (Å²) in [4.78, 5) is 2.11. The fraction of sp³-hybridized carbons (Fsp3) is 0.368. The van der Waals surface area contributed by atoms with E-state index in [0.29, 0.717) is 0 Å². The summed E-state index contributed by atoms with van der Waals surface area (Å²) >= 11 is 0. The van der Waals surface area contributed by atoms with E-state index in [9.17, 15) is 0 Å². The van der Waals surface area contributed by atoms with Gasteiger partial charge in [-0.1, -0.05) is 45.0 Å². The molecular formula is C19H26N2. The SMILES string of the molecule is CN(C)c1ccc(NCc2ccc(C(C)(C)C)cc2)cc1. The van der Waals surface area contributed by atoms with Crippen LogP contribution in [0.3, 0.4) is 0 Å². The van der Waals surface area contributed by atoms with E-state index in [1.54, 1.807) is 0 Å². The molecule has 0 atom stereocenters. The van der Waals surface area contributed by atoms with E-state index in [1.165, 1.54) is 16.8 Å². The Morgan fingerprint density at radius 3 is 1.90 bits per heavy atom. The summed E-state index contributed by atoms with van der Waals surface area (Å²) in [6.07, 6.45) is 0. The number of rotatable bonds is 4. The van der Waals surface area contributed by atoms with Gasteiger partial charge in [0.15, 0.2) is 0 Å². The van der Waals surface area contributed by atoms with E-state index >= 15 is 0 Å². The molecule has 0 amide bonds. The molecule has 0 aliphatic carbocycles. The molecule has 1 N–H and O–H groups in total. The quantitative estimate of drug-likeness (QED) is 0.877. The van der Waals surface area contributed by atoms with Crippen molar-refractivity contribution in [1.82, 2.24) is 0 Å². The van der Waals surface area contributed by atoms with Gasteiger partial charge in [-0.15, -0.1) is 0 Å². The Hall–Kier alpha value is -1.96. The summed E-state index contributed by atoms with van der Waals surface area (Å²) in [5.41, 5.74) is 5.27. The summed E-state index contributed by atoms with van der Waals surface area (Å²) < 4.78 is 0. The molecule has 0 radical (unpaired) electrons. The number of anilines is 2. The maximum atomic E-state index is 3.47. The maximum absolute atomic E-state index is 3.47. The number of nitrogens with one attached hydrogen (secondary N) is 1. The van der Waals surface area contributed by atoms with Crippen LogP contribution < -0.4 is 10.2 Å². The molecule has 0 bridgehead atoms. The Bertz CT molecular complexity index is 560. The molecule has 0 unspecified atom stereocenters. The molecule has 0 heterocycles. The number of nitrogens with zero attached hydrogens (tertiary/aromatic N) is 1. The van der Waals surface area contributed by atoms with Gasteiger partial charge in [0.25, 0.3) is 0 Å². The lowest BCUT2D eigenvalue weighted by atomic mass is 9.87.